The molecule has 5 nitrogen and oxygen atoms in total. The molecule has 1 aromatic rings. The predicted molar refractivity (Wildman–Crippen MR) is 76.0 cm³/mol. The number of aromatic nitrogens is 2. The highest BCUT2D eigenvalue weighted by Gasteiger charge is 2.20. The zero-order valence-corrected chi connectivity index (χ0v) is 12.2. The summed E-state index contributed by atoms with van der Waals surface area (Å²) in [5.41, 5.74) is 7.39. The highest BCUT2D eigenvalue weighted by Crippen LogP contribution is 2.22. The van der Waals surface area contributed by atoms with Crippen LogP contribution in [0.5, 0.6) is 0 Å². The molecule has 0 bridgehead atoms. The van der Waals surface area contributed by atoms with Gasteiger partial charge in [-0.15, -0.1) is 0 Å². The Morgan fingerprint density at radius 2 is 2.00 bits per heavy atom. The summed E-state index contributed by atoms with van der Waals surface area (Å²) in [6, 6.07) is 0.440. The largest absolute Gasteiger partial charge is 0.379 e. The third kappa shape index (κ3) is 3.55. The number of rotatable bonds is 5. The Bertz CT molecular complexity index is 385. The topological polar surface area (TPSA) is 56.3 Å². The molecule has 2 rings (SSSR count). The first kappa shape index (κ1) is 14.5. The average Bonchev–Trinajstić information content (AvgIpc) is 2.88. The number of nitrogens with zero attached hydrogens (tertiary/aromatic N) is 3. The van der Waals surface area contributed by atoms with Crippen LogP contribution in [0.25, 0.3) is 0 Å². The maximum Gasteiger partial charge on any atom is 0.0951 e. The maximum atomic E-state index is 6.26. The Kier molecular flexibility index (Phi) is 4.96. The number of nitrogens with two attached hydrogens (primary N) is 1. The summed E-state index contributed by atoms with van der Waals surface area (Å²) in [6.07, 6.45) is 3.81. The standard InChI is InChI=1S/C14H26N4O/c1-11(2)14(15)13-8-16-10-18(13)12(3)9-17-4-6-19-7-5-17/h8,10-12,14H,4-7,9,15H2,1-3H3. The molecular weight excluding hydrogens is 240 g/mol. The third-order valence-electron chi connectivity index (χ3n) is 3.86. The van der Waals surface area contributed by atoms with E-state index in [2.05, 4.69) is 35.2 Å². The van der Waals surface area contributed by atoms with E-state index in [0.29, 0.717) is 12.0 Å². The van der Waals surface area contributed by atoms with Gasteiger partial charge in [-0.1, -0.05) is 13.8 Å². The van der Waals surface area contributed by atoms with Gasteiger partial charge < -0.3 is 15.0 Å². The van der Waals surface area contributed by atoms with E-state index in [1.165, 1.54) is 0 Å². The second-order valence-electron chi connectivity index (χ2n) is 5.76. The summed E-state index contributed by atoms with van der Waals surface area (Å²) < 4.78 is 7.61. The average molecular weight is 266 g/mol. The Morgan fingerprint density at radius 3 is 2.63 bits per heavy atom. The van der Waals surface area contributed by atoms with Crippen molar-refractivity contribution in [1.82, 2.24) is 14.5 Å². The Labute approximate surface area is 115 Å². The summed E-state index contributed by atoms with van der Waals surface area (Å²) in [4.78, 5) is 6.72. The summed E-state index contributed by atoms with van der Waals surface area (Å²) in [5.74, 6) is 0.422. The highest BCUT2D eigenvalue weighted by atomic mass is 16.5. The number of morpholine rings is 1. The van der Waals surface area contributed by atoms with E-state index in [9.17, 15) is 0 Å². The van der Waals surface area contributed by atoms with E-state index in [0.717, 1.165) is 38.5 Å². The molecule has 1 aliphatic rings. The molecule has 0 spiro atoms. The van der Waals surface area contributed by atoms with E-state index >= 15 is 0 Å². The molecule has 5 heteroatoms. The van der Waals surface area contributed by atoms with Crippen LogP contribution in [0.2, 0.25) is 0 Å². The fourth-order valence-corrected chi connectivity index (χ4v) is 2.53. The van der Waals surface area contributed by atoms with Crippen molar-refractivity contribution in [3.05, 3.63) is 18.2 Å². The molecule has 1 aliphatic heterocycles. The zero-order valence-electron chi connectivity index (χ0n) is 12.2. The van der Waals surface area contributed by atoms with Crippen LogP contribution in [-0.2, 0) is 4.74 Å². The van der Waals surface area contributed by atoms with Crippen LogP contribution in [-0.4, -0.2) is 47.3 Å². The highest BCUT2D eigenvalue weighted by molar-refractivity contribution is 5.07. The smallest absolute Gasteiger partial charge is 0.0951 e. The second kappa shape index (κ2) is 6.50. The predicted octanol–water partition coefficient (Wildman–Crippen LogP) is 1.43. The lowest BCUT2D eigenvalue weighted by Crippen LogP contribution is -2.39. The lowest BCUT2D eigenvalue weighted by atomic mass is 10.0. The molecular formula is C14H26N4O. The normalized spacial score (nSPS) is 20.7. The summed E-state index contributed by atoms with van der Waals surface area (Å²) in [5, 5.41) is 0. The van der Waals surface area contributed by atoms with Crippen LogP contribution in [0.1, 0.15) is 38.5 Å². The second-order valence-corrected chi connectivity index (χ2v) is 5.76. The van der Waals surface area contributed by atoms with Gasteiger partial charge >= 0.3 is 0 Å². The van der Waals surface area contributed by atoms with Crippen molar-refractivity contribution in [3.63, 3.8) is 0 Å². The first-order valence-corrected chi connectivity index (χ1v) is 7.17. The van der Waals surface area contributed by atoms with Crippen LogP contribution >= 0.6 is 0 Å². The number of imidazole rings is 1. The van der Waals surface area contributed by atoms with Gasteiger partial charge in [-0.25, -0.2) is 4.98 Å². The van der Waals surface area contributed by atoms with Crippen molar-refractivity contribution in [2.24, 2.45) is 11.7 Å². The molecule has 0 amide bonds. The van der Waals surface area contributed by atoms with E-state index < -0.39 is 0 Å². The Morgan fingerprint density at radius 1 is 1.32 bits per heavy atom. The molecule has 108 valence electrons. The quantitative estimate of drug-likeness (QED) is 0.876. The molecule has 0 aromatic carbocycles. The summed E-state index contributed by atoms with van der Waals surface area (Å²) >= 11 is 0. The lowest BCUT2D eigenvalue weighted by molar-refractivity contribution is 0.0323. The van der Waals surface area contributed by atoms with E-state index in [1.807, 2.05) is 12.5 Å². The fourth-order valence-electron chi connectivity index (χ4n) is 2.53. The SMILES string of the molecule is CC(C)C(N)c1cncn1C(C)CN1CCOCC1. The van der Waals surface area contributed by atoms with Crippen molar-refractivity contribution in [2.45, 2.75) is 32.9 Å². The van der Waals surface area contributed by atoms with Crippen LogP contribution in [0.3, 0.4) is 0 Å². The van der Waals surface area contributed by atoms with Crippen LogP contribution in [0.4, 0.5) is 0 Å². The van der Waals surface area contributed by atoms with Gasteiger partial charge in [0.2, 0.25) is 0 Å². The van der Waals surface area contributed by atoms with Gasteiger partial charge in [0, 0.05) is 37.9 Å². The Balaban J connectivity index is 2.02. The van der Waals surface area contributed by atoms with Crippen LogP contribution in [0, 0.1) is 5.92 Å². The number of ether oxygens (including phenoxy) is 1. The molecule has 0 aliphatic carbocycles. The van der Waals surface area contributed by atoms with Crippen molar-refractivity contribution < 1.29 is 4.74 Å². The molecule has 0 saturated carbocycles. The molecule has 1 saturated heterocycles. The van der Waals surface area contributed by atoms with E-state index in [1.54, 1.807) is 0 Å². The van der Waals surface area contributed by atoms with Gasteiger partial charge in [0.05, 0.1) is 25.2 Å². The monoisotopic (exact) mass is 266 g/mol. The molecule has 0 radical (unpaired) electrons. The van der Waals surface area contributed by atoms with Crippen molar-refractivity contribution >= 4 is 0 Å². The molecule has 1 fully saturated rings. The number of hydrogen-bond donors (Lipinski definition) is 1. The van der Waals surface area contributed by atoms with E-state index in [4.69, 9.17) is 10.5 Å². The number of hydrogen-bond acceptors (Lipinski definition) is 4. The molecule has 2 heterocycles. The summed E-state index contributed by atoms with van der Waals surface area (Å²) in [7, 11) is 0. The van der Waals surface area contributed by atoms with Gasteiger partial charge in [0.1, 0.15) is 0 Å². The summed E-state index contributed by atoms with van der Waals surface area (Å²) in [6.45, 7) is 11.3. The third-order valence-corrected chi connectivity index (χ3v) is 3.86. The van der Waals surface area contributed by atoms with Gasteiger partial charge in [0.25, 0.3) is 0 Å². The van der Waals surface area contributed by atoms with Crippen molar-refractivity contribution in [3.8, 4) is 0 Å². The van der Waals surface area contributed by atoms with Gasteiger partial charge in [0.15, 0.2) is 0 Å². The van der Waals surface area contributed by atoms with Crippen LogP contribution < -0.4 is 5.73 Å². The van der Waals surface area contributed by atoms with Gasteiger partial charge in [-0.3, -0.25) is 4.90 Å². The van der Waals surface area contributed by atoms with E-state index in [-0.39, 0.29) is 6.04 Å². The molecule has 1 aromatic heterocycles. The van der Waals surface area contributed by atoms with Gasteiger partial charge in [-0.2, -0.15) is 0 Å². The maximum absolute atomic E-state index is 6.26. The van der Waals surface area contributed by atoms with Crippen LogP contribution in [0.15, 0.2) is 12.5 Å². The van der Waals surface area contributed by atoms with Crippen molar-refractivity contribution in [1.29, 1.82) is 0 Å². The lowest BCUT2D eigenvalue weighted by Gasteiger charge is -2.30. The molecule has 2 N–H and O–H groups in total. The molecule has 2 atom stereocenters. The van der Waals surface area contributed by atoms with Gasteiger partial charge in [-0.05, 0) is 12.8 Å². The fraction of sp³-hybridized carbons (Fsp3) is 0.786. The molecule has 19 heavy (non-hydrogen) atoms. The zero-order chi connectivity index (χ0) is 13.8. The minimum absolute atomic E-state index is 0.0506. The van der Waals surface area contributed by atoms with Crippen molar-refractivity contribution in [2.75, 3.05) is 32.8 Å². The Hall–Kier alpha value is -0.910. The minimum atomic E-state index is 0.0506. The molecule has 2 unspecified atom stereocenters. The first-order chi connectivity index (χ1) is 9.09. The first-order valence-electron chi connectivity index (χ1n) is 7.17. The minimum Gasteiger partial charge on any atom is -0.379 e.